The number of carbonyl (C=O) groups is 3. The Balaban J connectivity index is 1.47. The topological polar surface area (TPSA) is 106 Å². The molecule has 0 aliphatic rings. The van der Waals surface area contributed by atoms with Gasteiger partial charge in [-0.3, -0.25) is 19.2 Å². The fourth-order valence-electron chi connectivity index (χ4n) is 3.64. The van der Waals surface area contributed by atoms with E-state index in [9.17, 15) is 19.2 Å². The number of carbonyl (C=O) groups excluding carboxylic acids is 3. The molecule has 3 aromatic carbocycles. The molecule has 0 saturated carbocycles. The van der Waals surface area contributed by atoms with E-state index in [1.807, 2.05) is 0 Å². The van der Waals surface area contributed by atoms with E-state index in [0.717, 1.165) is 0 Å². The molecule has 0 atom stereocenters. The summed E-state index contributed by atoms with van der Waals surface area (Å²) in [5.74, 6) is -1.36. The maximum absolute atomic E-state index is 12.8. The van der Waals surface area contributed by atoms with Gasteiger partial charge >= 0.3 is 5.97 Å². The molecular weight excluding hydrogens is 422 g/mol. The molecule has 4 rings (SSSR count). The van der Waals surface area contributed by atoms with Crippen molar-refractivity contribution >= 4 is 51.0 Å². The van der Waals surface area contributed by atoms with Crippen LogP contribution in [0.1, 0.15) is 6.92 Å². The fourth-order valence-corrected chi connectivity index (χ4v) is 3.64. The van der Waals surface area contributed by atoms with Crippen molar-refractivity contribution in [2.24, 2.45) is 0 Å². The molecule has 0 aliphatic carbocycles. The monoisotopic (exact) mass is 443 g/mol. The molecule has 166 valence electrons. The number of fused-ring (bicyclic) bond motifs is 2. The van der Waals surface area contributed by atoms with Gasteiger partial charge in [-0.15, -0.1) is 0 Å². The quantitative estimate of drug-likeness (QED) is 0.351. The Morgan fingerprint density at radius 1 is 0.818 bits per heavy atom. The third kappa shape index (κ3) is 4.90. The van der Waals surface area contributed by atoms with Crippen LogP contribution in [0.3, 0.4) is 0 Å². The predicted octanol–water partition coefficient (Wildman–Crippen LogP) is 3.30. The van der Waals surface area contributed by atoms with Crippen LogP contribution in [0.2, 0.25) is 0 Å². The lowest BCUT2D eigenvalue weighted by Crippen LogP contribution is -2.24. The Hall–Kier alpha value is -4.46. The molecule has 0 spiro atoms. The van der Waals surface area contributed by atoms with Crippen LogP contribution in [-0.4, -0.2) is 29.0 Å². The van der Waals surface area contributed by atoms with Crippen molar-refractivity contribution < 1.29 is 19.1 Å². The molecule has 0 aliphatic heterocycles. The Morgan fingerprint density at radius 3 is 2.00 bits per heavy atom. The van der Waals surface area contributed by atoms with E-state index in [1.54, 1.807) is 77.4 Å². The number of hydrogen-bond acceptors (Lipinski definition) is 5. The molecule has 8 nitrogen and oxygen atoms in total. The maximum atomic E-state index is 12.8. The number of para-hydroxylation sites is 2. The maximum Gasteiger partial charge on any atom is 0.326 e. The number of ether oxygens (including phenoxy) is 1. The highest BCUT2D eigenvalue weighted by atomic mass is 16.5. The van der Waals surface area contributed by atoms with Crippen molar-refractivity contribution in [3.8, 4) is 0 Å². The second-order valence-electron chi connectivity index (χ2n) is 7.42. The molecule has 0 radical (unpaired) electrons. The van der Waals surface area contributed by atoms with Gasteiger partial charge in [-0.2, -0.15) is 0 Å². The molecule has 2 amide bonds. The zero-order valence-corrected chi connectivity index (χ0v) is 17.8. The van der Waals surface area contributed by atoms with Gasteiger partial charge in [0.1, 0.15) is 6.54 Å². The number of amides is 2. The highest BCUT2D eigenvalue weighted by Crippen LogP contribution is 2.19. The van der Waals surface area contributed by atoms with Gasteiger partial charge < -0.3 is 19.9 Å². The summed E-state index contributed by atoms with van der Waals surface area (Å²) in [6.07, 6.45) is 0. The van der Waals surface area contributed by atoms with Crippen LogP contribution in [0.5, 0.6) is 0 Å². The summed E-state index contributed by atoms with van der Waals surface area (Å²) in [4.78, 5) is 48.8. The Morgan fingerprint density at radius 2 is 1.39 bits per heavy atom. The Labute approximate surface area is 188 Å². The first-order valence-corrected chi connectivity index (χ1v) is 10.3. The highest BCUT2D eigenvalue weighted by molar-refractivity contribution is 5.96. The summed E-state index contributed by atoms with van der Waals surface area (Å²) in [7, 11) is 0. The van der Waals surface area contributed by atoms with E-state index in [2.05, 4.69) is 10.6 Å². The number of rotatable bonds is 6. The molecule has 33 heavy (non-hydrogen) atoms. The number of nitrogens with one attached hydrogen (secondary N) is 2. The van der Waals surface area contributed by atoms with Gasteiger partial charge in [0.2, 0.25) is 5.91 Å². The molecule has 4 aromatic rings. The van der Waals surface area contributed by atoms with Crippen molar-refractivity contribution in [1.82, 2.24) is 4.57 Å². The number of nitrogens with zero attached hydrogens (tertiary/aromatic N) is 1. The lowest BCUT2D eigenvalue weighted by Gasteiger charge is -2.14. The molecule has 0 fully saturated rings. The number of hydrogen-bond donors (Lipinski definition) is 2. The van der Waals surface area contributed by atoms with Crippen LogP contribution >= 0.6 is 0 Å². The smallest absolute Gasteiger partial charge is 0.326 e. The standard InChI is InChI=1S/C25H21N3O5/c1-16(29)26-17-7-6-8-18(13-17)27-23(30)15-33-24(31)14-28-21-11-4-2-9-19(21)25(32)20-10-3-5-12-22(20)28/h2-13H,14-15H2,1H3,(H,26,29)(H,27,30). The van der Waals surface area contributed by atoms with Crippen molar-refractivity contribution in [2.75, 3.05) is 17.2 Å². The minimum absolute atomic E-state index is 0.105. The number of aromatic nitrogens is 1. The van der Waals surface area contributed by atoms with Crippen molar-refractivity contribution in [3.63, 3.8) is 0 Å². The van der Waals surface area contributed by atoms with E-state index in [0.29, 0.717) is 33.2 Å². The number of anilines is 2. The van der Waals surface area contributed by atoms with Gasteiger partial charge in [0, 0.05) is 29.1 Å². The third-order valence-corrected chi connectivity index (χ3v) is 5.00. The van der Waals surface area contributed by atoms with Crippen molar-refractivity contribution in [2.45, 2.75) is 13.5 Å². The lowest BCUT2D eigenvalue weighted by molar-refractivity contribution is -0.147. The molecule has 1 heterocycles. The van der Waals surface area contributed by atoms with Crippen LogP contribution in [0.25, 0.3) is 21.8 Å². The largest absolute Gasteiger partial charge is 0.454 e. The van der Waals surface area contributed by atoms with E-state index >= 15 is 0 Å². The van der Waals surface area contributed by atoms with Crippen LogP contribution in [-0.2, 0) is 25.7 Å². The van der Waals surface area contributed by atoms with E-state index in [4.69, 9.17) is 4.74 Å². The minimum atomic E-state index is -0.615. The molecule has 2 N–H and O–H groups in total. The molecule has 0 unspecified atom stereocenters. The van der Waals surface area contributed by atoms with Crippen LogP contribution < -0.4 is 16.1 Å². The molecule has 0 bridgehead atoms. The second kappa shape index (κ2) is 9.35. The van der Waals surface area contributed by atoms with Gasteiger partial charge in [-0.25, -0.2) is 0 Å². The molecule has 0 saturated heterocycles. The van der Waals surface area contributed by atoms with E-state index in [1.165, 1.54) is 6.92 Å². The summed E-state index contributed by atoms with van der Waals surface area (Å²) in [5.41, 5.74) is 2.11. The van der Waals surface area contributed by atoms with Gasteiger partial charge in [0.15, 0.2) is 12.0 Å². The number of esters is 1. The summed E-state index contributed by atoms with van der Waals surface area (Å²) in [5, 5.41) is 6.26. The van der Waals surface area contributed by atoms with Gasteiger partial charge in [0.05, 0.1) is 11.0 Å². The predicted molar refractivity (Wildman–Crippen MR) is 126 cm³/mol. The normalized spacial score (nSPS) is 10.7. The van der Waals surface area contributed by atoms with E-state index < -0.39 is 18.5 Å². The third-order valence-electron chi connectivity index (χ3n) is 5.00. The summed E-state index contributed by atoms with van der Waals surface area (Å²) < 4.78 is 6.89. The van der Waals surface area contributed by atoms with E-state index in [-0.39, 0.29) is 17.9 Å². The average Bonchev–Trinajstić information content (AvgIpc) is 2.80. The fraction of sp³-hybridized carbons (Fsp3) is 0.120. The highest BCUT2D eigenvalue weighted by Gasteiger charge is 2.14. The summed E-state index contributed by atoms with van der Waals surface area (Å²) in [6, 6.07) is 20.7. The Kier molecular flexibility index (Phi) is 6.17. The first kappa shape index (κ1) is 21.8. The van der Waals surface area contributed by atoms with Gasteiger partial charge in [-0.05, 0) is 42.5 Å². The van der Waals surface area contributed by atoms with Crippen LogP contribution in [0.4, 0.5) is 11.4 Å². The average molecular weight is 443 g/mol. The van der Waals surface area contributed by atoms with Crippen LogP contribution in [0.15, 0.2) is 77.6 Å². The molecule has 1 aromatic heterocycles. The summed E-state index contributed by atoms with van der Waals surface area (Å²) in [6.45, 7) is 0.756. The molecular formula is C25H21N3O5. The number of benzene rings is 3. The number of pyridine rings is 1. The first-order chi connectivity index (χ1) is 15.9. The SMILES string of the molecule is CC(=O)Nc1cccc(NC(=O)COC(=O)Cn2c3ccccc3c(=O)c3ccccc32)c1. The second-order valence-corrected chi connectivity index (χ2v) is 7.42. The minimum Gasteiger partial charge on any atom is -0.454 e. The van der Waals surface area contributed by atoms with Gasteiger partial charge in [-0.1, -0.05) is 30.3 Å². The summed E-state index contributed by atoms with van der Waals surface area (Å²) >= 11 is 0. The molecule has 8 heteroatoms. The zero-order chi connectivity index (χ0) is 23.4. The lowest BCUT2D eigenvalue weighted by atomic mass is 10.1. The van der Waals surface area contributed by atoms with Crippen molar-refractivity contribution in [3.05, 3.63) is 83.0 Å². The zero-order valence-electron chi connectivity index (χ0n) is 17.8. The Bertz CT molecular complexity index is 1380. The van der Waals surface area contributed by atoms with Gasteiger partial charge in [0.25, 0.3) is 5.91 Å². The van der Waals surface area contributed by atoms with Crippen molar-refractivity contribution in [1.29, 1.82) is 0 Å². The van der Waals surface area contributed by atoms with Crippen LogP contribution in [0, 0.1) is 0 Å². The first-order valence-electron chi connectivity index (χ1n) is 10.3.